The highest BCUT2D eigenvalue weighted by atomic mass is 16.7. The number of hydrogen-bond acceptors (Lipinski definition) is 5. The number of methoxy groups -OCH3 is 2. The van der Waals surface area contributed by atoms with E-state index < -0.39 is 11.4 Å². The molecule has 2 bridgehead atoms. The maximum absolute atomic E-state index is 13.4. The Morgan fingerprint density at radius 1 is 1.00 bits per heavy atom. The minimum atomic E-state index is -0.934. The van der Waals surface area contributed by atoms with Crippen molar-refractivity contribution < 1.29 is 24.1 Å². The summed E-state index contributed by atoms with van der Waals surface area (Å²) >= 11 is 0. The Morgan fingerprint density at radius 2 is 1.53 bits per heavy atom. The number of ether oxygens (including phenoxy) is 3. The first-order valence-electron chi connectivity index (χ1n) is 12.3. The van der Waals surface area contributed by atoms with E-state index in [4.69, 9.17) is 14.2 Å². The summed E-state index contributed by atoms with van der Waals surface area (Å²) in [5.74, 6) is -0.809. The monoisotopic (exact) mass is 465 g/mol. The maximum atomic E-state index is 13.4. The Hall–Kier alpha value is -2.41. The summed E-state index contributed by atoms with van der Waals surface area (Å²) in [5.41, 5.74) is 3.93. The van der Waals surface area contributed by atoms with Crippen molar-refractivity contribution >= 4 is 6.09 Å². The molecule has 1 aliphatic carbocycles. The Balaban J connectivity index is 1.30. The van der Waals surface area contributed by atoms with Gasteiger partial charge in [0.05, 0.1) is 5.60 Å². The van der Waals surface area contributed by atoms with Crippen molar-refractivity contribution in [2.24, 2.45) is 0 Å². The second-order valence-electron chi connectivity index (χ2n) is 10.3. The highest BCUT2D eigenvalue weighted by Crippen LogP contribution is 2.46. The summed E-state index contributed by atoms with van der Waals surface area (Å²) in [4.78, 5) is 15.3. The lowest BCUT2D eigenvalue weighted by atomic mass is 9.73. The fourth-order valence-corrected chi connectivity index (χ4v) is 6.46. The maximum Gasteiger partial charge on any atom is 0.410 e. The highest BCUT2D eigenvalue weighted by Gasteiger charge is 2.50. The van der Waals surface area contributed by atoms with Crippen molar-refractivity contribution in [3.63, 3.8) is 0 Å². The summed E-state index contributed by atoms with van der Waals surface area (Å²) in [5, 5.41) is 11.5. The Morgan fingerprint density at radius 3 is 2.06 bits per heavy atom. The van der Waals surface area contributed by atoms with Gasteiger partial charge in [0.15, 0.2) is 5.79 Å². The summed E-state index contributed by atoms with van der Waals surface area (Å²) in [6.45, 7) is 2.16. The Bertz CT molecular complexity index is 989. The lowest BCUT2D eigenvalue weighted by Crippen LogP contribution is -2.61. The topological polar surface area (TPSA) is 68.2 Å². The zero-order valence-corrected chi connectivity index (χ0v) is 20.3. The minimum absolute atomic E-state index is 0.0360. The van der Waals surface area contributed by atoms with E-state index in [0.29, 0.717) is 25.9 Å². The van der Waals surface area contributed by atoms with Gasteiger partial charge in [-0.25, -0.2) is 4.79 Å². The molecular formula is C28H35NO5. The van der Waals surface area contributed by atoms with Crippen molar-refractivity contribution in [3.8, 4) is 11.1 Å². The van der Waals surface area contributed by atoms with Gasteiger partial charge in [0.1, 0.15) is 6.61 Å². The van der Waals surface area contributed by atoms with Crippen molar-refractivity contribution in [1.29, 1.82) is 0 Å². The average molecular weight is 466 g/mol. The van der Waals surface area contributed by atoms with E-state index in [2.05, 4.69) is 36.4 Å². The SMILES string of the molecule is COC(C)(CC1(O)CC2CCCC(C1)N2C(=O)OCC1c2ccccc2-c2ccccc21)OC. The zero-order chi connectivity index (χ0) is 23.9. The van der Waals surface area contributed by atoms with Gasteiger partial charge in [0.25, 0.3) is 0 Å². The third kappa shape index (κ3) is 4.12. The van der Waals surface area contributed by atoms with E-state index in [1.807, 2.05) is 24.0 Å². The van der Waals surface area contributed by atoms with E-state index in [1.54, 1.807) is 14.2 Å². The molecule has 2 aliphatic heterocycles. The predicted molar refractivity (Wildman–Crippen MR) is 130 cm³/mol. The number of fused-ring (bicyclic) bond motifs is 5. The van der Waals surface area contributed by atoms with Crippen molar-refractivity contribution in [3.05, 3.63) is 59.7 Å². The quantitative estimate of drug-likeness (QED) is 0.603. The third-order valence-corrected chi connectivity index (χ3v) is 8.15. The molecule has 182 valence electrons. The molecule has 6 heteroatoms. The molecule has 2 heterocycles. The number of rotatable bonds is 6. The summed E-state index contributed by atoms with van der Waals surface area (Å²) < 4.78 is 17.0. The largest absolute Gasteiger partial charge is 0.448 e. The van der Waals surface area contributed by atoms with E-state index in [0.717, 1.165) is 19.3 Å². The van der Waals surface area contributed by atoms with Gasteiger partial charge in [-0.3, -0.25) is 0 Å². The molecule has 2 aromatic carbocycles. The summed E-state index contributed by atoms with van der Waals surface area (Å²) in [6.07, 6.45) is 3.94. The number of carbonyl (C=O) groups is 1. The fraction of sp³-hybridized carbons (Fsp3) is 0.536. The van der Waals surface area contributed by atoms with Crippen LogP contribution in [-0.4, -0.2) is 60.4 Å². The van der Waals surface area contributed by atoms with Crippen LogP contribution in [0.1, 0.15) is 62.5 Å². The lowest BCUT2D eigenvalue weighted by Gasteiger charge is -2.52. The van der Waals surface area contributed by atoms with Crippen LogP contribution in [0.2, 0.25) is 0 Å². The van der Waals surface area contributed by atoms with Crippen molar-refractivity contribution in [2.75, 3.05) is 20.8 Å². The Labute approximate surface area is 201 Å². The van der Waals surface area contributed by atoms with Crippen LogP contribution in [0.3, 0.4) is 0 Å². The molecule has 1 amide bonds. The molecule has 2 aromatic rings. The average Bonchev–Trinajstić information content (AvgIpc) is 3.15. The molecule has 0 saturated carbocycles. The van der Waals surface area contributed by atoms with Gasteiger partial charge in [-0.1, -0.05) is 48.5 Å². The van der Waals surface area contributed by atoms with E-state index in [-0.39, 0.29) is 24.1 Å². The molecule has 2 unspecified atom stereocenters. The van der Waals surface area contributed by atoms with Gasteiger partial charge >= 0.3 is 6.09 Å². The standard InChI is InChI=1S/C28H35NO5/c1-27(32-2,33-3)18-28(31)15-19-9-8-10-20(16-28)29(19)26(30)34-17-25-23-13-6-4-11-21(23)22-12-5-7-14-24(22)25/h4-7,11-14,19-20,25,31H,8-10,15-18H2,1-3H3. The number of aliphatic hydroxyl groups is 1. The first-order chi connectivity index (χ1) is 16.4. The number of carbonyl (C=O) groups excluding carboxylic acids is 1. The zero-order valence-electron chi connectivity index (χ0n) is 20.3. The lowest BCUT2D eigenvalue weighted by molar-refractivity contribution is -0.233. The molecule has 0 radical (unpaired) electrons. The number of hydrogen-bond donors (Lipinski definition) is 1. The van der Waals surface area contributed by atoms with E-state index in [1.165, 1.54) is 22.3 Å². The molecule has 2 saturated heterocycles. The smallest absolute Gasteiger partial charge is 0.410 e. The van der Waals surface area contributed by atoms with Crippen LogP contribution in [0.15, 0.2) is 48.5 Å². The van der Waals surface area contributed by atoms with Crippen LogP contribution in [-0.2, 0) is 14.2 Å². The molecule has 2 atom stereocenters. The second-order valence-corrected chi connectivity index (χ2v) is 10.3. The molecule has 0 spiro atoms. The van der Waals surface area contributed by atoms with Crippen LogP contribution in [0.5, 0.6) is 0 Å². The number of piperidine rings is 2. The first-order valence-corrected chi connectivity index (χ1v) is 12.3. The normalized spacial score (nSPS) is 26.2. The van der Waals surface area contributed by atoms with Gasteiger partial charge in [-0.2, -0.15) is 0 Å². The molecule has 6 nitrogen and oxygen atoms in total. The number of nitrogens with zero attached hydrogens (tertiary/aromatic N) is 1. The van der Waals surface area contributed by atoms with Gasteiger partial charge < -0.3 is 24.2 Å². The highest BCUT2D eigenvalue weighted by molar-refractivity contribution is 5.79. The van der Waals surface area contributed by atoms with Gasteiger partial charge in [-0.05, 0) is 61.3 Å². The molecule has 5 rings (SSSR count). The number of benzene rings is 2. The minimum Gasteiger partial charge on any atom is -0.448 e. The van der Waals surface area contributed by atoms with Gasteiger partial charge in [0.2, 0.25) is 0 Å². The molecule has 2 fully saturated rings. The molecule has 0 aromatic heterocycles. The Kier molecular flexibility index (Phi) is 6.17. The fourth-order valence-electron chi connectivity index (χ4n) is 6.46. The molecule has 1 N–H and O–H groups in total. The van der Waals surface area contributed by atoms with Crippen LogP contribution in [0, 0.1) is 0 Å². The van der Waals surface area contributed by atoms with E-state index in [9.17, 15) is 9.90 Å². The first kappa shape index (κ1) is 23.3. The third-order valence-electron chi connectivity index (χ3n) is 8.15. The van der Waals surface area contributed by atoms with Crippen molar-refractivity contribution in [2.45, 2.75) is 74.8 Å². The van der Waals surface area contributed by atoms with E-state index >= 15 is 0 Å². The summed E-state index contributed by atoms with van der Waals surface area (Å²) in [6, 6.07) is 16.7. The molecular weight excluding hydrogens is 430 g/mol. The predicted octanol–water partition coefficient (Wildman–Crippen LogP) is 5.08. The number of amides is 1. The second kappa shape index (κ2) is 8.99. The van der Waals surface area contributed by atoms with Gasteiger partial charge in [-0.15, -0.1) is 0 Å². The van der Waals surface area contributed by atoms with Crippen LogP contribution >= 0.6 is 0 Å². The van der Waals surface area contributed by atoms with Crippen LogP contribution in [0.4, 0.5) is 4.79 Å². The van der Waals surface area contributed by atoms with Gasteiger partial charge in [0, 0.05) is 38.6 Å². The van der Waals surface area contributed by atoms with Crippen molar-refractivity contribution in [1.82, 2.24) is 4.90 Å². The summed E-state index contributed by atoms with van der Waals surface area (Å²) in [7, 11) is 3.19. The van der Waals surface area contributed by atoms with Crippen LogP contribution in [0.25, 0.3) is 11.1 Å². The molecule has 3 aliphatic rings. The molecule has 34 heavy (non-hydrogen) atoms. The van der Waals surface area contributed by atoms with Crippen LogP contribution < -0.4 is 0 Å².